The van der Waals surface area contributed by atoms with Crippen molar-refractivity contribution in [2.45, 2.75) is 6.92 Å². The van der Waals surface area contributed by atoms with Crippen molar-refractivity contribution < 1.29 is 9.90 Å². The van der Waals surface area contributed by atoms with Crippen LogP contribution in [0, 0.1) is 18.3 Å². The van der Waals surface area contributed by atoms with Gasteiger partial charge in [0.05, 0.1) is 23.1 Å². The number of nitrogens with zero attached hydrogens (tertiary/aromatic N) is 1. The first-order chi connectivity index (χ1) is 6.61. The summed E-state index contributed by atoms with van der Waals surface area (Å²) in [6, 6.07) is 4.82. The monoisotopic (exact) mass is 209 g/mol. The zero-order chi connectivity index (χ0) is 10.7. The lowest BCUT2D eigenvalue weighted by Gasteiger charge is -2.05. The molecule has 0 aliphatic heterocycles. The van der Waals surface area contributed by atoms with Gasteiger partial charge in [0.1, 0.15) is 5.75 Å². The molecule has 0 saturated carbocycles. The van der Waals surface area contributed by atoms with Gasteiger partial charge in [-0.25, -0.2) is 0 Å². The summed E-state index contributed by atoms with van der Waals surface area (Å²) in [5, 5.41) is 18.2. The third-order valence-electron chi connectivity index (χ3n) is 1.97. The summed E-state index contributed by atoms with van der Waals surface area (Å²) in [6.45, 7) is 1.58. The van der Waals surface area contributed by atoms with Gasteiger partial charge in [-0.15, -0.1) is 11.6 Å². The summed E-state index contributed by atoms with van der Waals surface area (Å²) >= 11 is 5.36. The number of nitriles is 1. The Balaban J connectivity index is 3.33. The summed E-state index contributed by atoms with van der Waals surface area (Å²) in [5.41, 5.74) is 0.925. The molecule has 0 aromatic heterocycles. The van der Waals surface area contributed by atoms with E-state index in [0.29, 0.717) is 11.1 Å². The fourth-order valence-corrected chi connectivity index (χ4v) is 1.26. The normalized spacial score (nSPS) is 9.50. The summed E-state index contributed by atoms with van der Waals surface area (Å²) < 4.78 is 0. The van der Waals surface area contributed by atoms with E-state index in [9.17, 15) is 9.90 Å². The molecule has 72 valence electrons. The maximum Gasteiger partial charge on any atom is 0.181 e. The van der Waals surface area contributed by atoms with Crippen LogP contribution in [0.15, 0.2) is 12.1 Å². The quantitative estimate of drug-likeness (QED) is 0.599. The number of carbonyl (C=O) groups is 1. The minimum absolute atomic E-state index is 0.158. The Hall–Kier alpha value is -1.53. The highest BCUT2D eigenvalue weighted by Gasteiger charge is 2.13. The maximum atomic E-state index is 11.2. The van der Waals surface area contributed by atoms with Gasteiger partial charge >= 0.3 is 0 Å². The van der Waals surface area contributed by atoms with Gasteiger partial charge in [-0.1, -0.05) is 0 Å². The molecule has 0 radical (unpaired) electrons. The third-order valence-corrected chi connectivity index (χ3v) is 2.22. The minimum atomic E-state index is -0.350. The van der Waals surface area contributed by atoms with Gasteiger partial charge in [-0.2, -0.15) is 5.26 Å². The average molecular weight is 210 g/mol. The van der Waals surface area contributed by atoms with Gasteiger partial charge < -0.3 is 5.11 Å². The number of hydrogen-bond donors (Lipinski definition) is 1. The molecule has 0 amide bonds. The van der Waals surface area contributed by atoms with Crippen molar-refractivity contribution in [2.75, 3.05) is 5.88 Å². The molecule has 0 bridgehead atoms. The predicted molar refractivity (Wildman–Crippen MR) is 52.6 cm³/mol. The van der Waals surface area contributed by atoms with Gasteiger partial charge in [-0.3, -0.25) is 4.79 Å². The number of phenolic OH excluding ortho intramolecular Hbond substituents is 1. The van der Waals surface area contributed by atoms with E-state index < -0.39 is 0 Å². The minimum Gasteiger partial charge on any atom is -0.507 e. The third kappa shape index (κ3) is 1.70. The number of phenols is 1. The lowest BCUT2D eigenvalue weighted by atomic mass is 10.0. The number of alkyl halides is 1. The number of aromatic hydroxyl groups is 1. The molecule has 0 aliphatic carbocycles. The fourth-order valence-electron chi connectivity index (χ4n) is 1.12. The summed E-state index contributed by atoms with van der Waals surface area (Å²) in [7, 11) is 0. The highest BCUT2D eigenvalue weighted by Crippen LogP contribution is 2.25. The van der Waals surface area contributed by atoms with Gasteiger partial charge in [0.25, 0.3) is 0 Å². The van der Waals surface area contributed by atoms with Crippen LogP contribution in [0.3, 0.4) is 0 Å². The zero-order valence-corrected chi connectivity index (χ0v) is 8.30. The van der Waals surface area contributed by atoms with Crippen molar-refractivity contribution in [3.63, 3.8) is 0 Å². The SMILES string of the molecule is Cc1c(C#N)ccc(C(=O)CCl)c1O. The van der Waals surface area contributed by atoms with Crippen LogP contribution in [0.2, 0.25) is 0 Å². The number of Topliss-reactive ketones (excluding diaryl/α,β-unsaturated/α-hetero) is 1. The Morgan fingerprint density at radius 2 is 2.29 bits per heavy atom. The van der Waals surface area contributed by atoms with E-state index in [2.05, 4.69) is 0 Å². The molecule has 0 saturated heterocycles. The summed E-state index contributed by atoms with van der Waals surface area (Å²) in [6.07, 6.45) is 0. The summed E-state index contributed by atoms with van der Waals surface area (Å²) in [5.74, 6) is -0.690. The maximum absolute atomic E-state index is 11.2. The van der Waals surface area contributed by atoms with Crippen LogP contribution in [0.25, 0.3) is 0 Å². The number of rotatable bonds is 2. The van der Waals surface area contributed by atoms with Crippen molar-refractivity contribution in [3.05, 3.63) is 28.8 Å². The van der Waals surface area contributed by atoms with Crippen molar-refractivity contribution in [2.24, 2.45) is 0 Å². The first kappa shape index (κ1) is 10.6. The Labute approximate surface area is 86.5 Å². The molecule has 0 aliphatic rings. The van der Waals surface area contributed by atoms with E-state index in [0.717, 1.165) is 0 Å². The second-order valence-electron chi connectivity index (χ2n) is 2.80. The molecule has 3 nitrogen and oxygen atoms in total. The van der Waals surface area contributed by atoms with Crippen LogP contribution in [-0.4, -0.2) is 16.8 Å². The van der Waals surface area contributed by atoms with E-state index in [1.165, 1.54) is 12.1 Å². The largest absolute Gasteiger partial charge is 0.507 e. The molecule has 0 fully saturated rings. The zero-order valence-electron chi connectivity index (χ0n) is 7.54. The van der Waals surface area contributed by atoms with Crippen molar-refractivity contribution in [3.8, 4) is 11.8 Å². The van der Waals surface area contributed by atoms with E-state index >= 15 is 0 Å². The molecule has 14 heavy (non-hydrogen) atoms. The van der Waals surface area contributed by atoms with Crippen LogP contribution in [0.1, 0.15) is 21.5 Å². The van der Waals surface area contributed by atoms with Gasteiger partial charge in [0.15, 0.2) is 5.78 Å². The number of benzene rings is 1. The Kier molecular flexibility index (Phi) is 3.10. The highest BCUT2D eigenvalue weighted by molar-refractivity contribution is 6.30. The molecule has 1 aromatic rings. The average Bonchev–Trinajstić information content (AvgIpc) is 2.21. The van der Waals surface area contributed by atoms with Gasteiger partial charge in [0, 0.05) is 5.56 Å². The number of ketones is 1. The standard InChI is InChI=1S/C10H8ClNO2/c1-6-7(5-12)2-3-8(10(6)14)9(13)4-11/h2-3,14H,4H2,1H3. The second kappa shape index (κ2) is 4.12. The van der Waals surface area contributed by atoms with E-state index in [1.807, 2.05) is 6.07 Å². The lowest BCUT2D eigenvalue weighted by molar-refractivity contribution is 0.101. The molecule has 1 N–H and O–H groups in total. The highest BCUT2D eigenvalue weighted by atomic mass is 35.5. The molecule has 4 heteroatoms. The van der Waals surface area contributed by atoms with Crippen LogP contribution >= 0.6 is 11.6 Å². The van der Waals surface area contributed by atoms with Crippen molar-refractivity contribution in [1.29, 1.82) is 5.26 Å². The number of carbonyl (C=O) groups excluding carboxylic acids is 1. The molecular formula is C10H8ClNO2. The van der Waals surface area contributed by atoms with Crippen molar-refractivity contribution in [1.82, 2.24) is 0 Å². The van der Waals surface area contributed by atoms with Crippen LogP contribution in [0.5, 0.6) is 5.75 Å². The molecule has 1 rings (SSSR count). The Morgan fingerprint density at radius 3 is 2.79 bits per heavy atom. The molecular weight excluding hydrogens is 202 g/mol. The van der Waals surface area contributed by atoms with Gasteiger partial charge in [-0.05, 0) is 19.1 Å². The Bertz CT molecular complexity index is 421. The lowest BCUT2D eigenvalue weighted by Crippen LogP contribution is -2.02. The van der Waals surface area contributed by atoms with E-state index in [-0.39, 0.29) is 23.0 Å². The molecule has 0 heterocycles. The summed E-state index contributed by atoms with van der Waals surface area (Å²) in [4.78, 5) is 11.2. The van der Waals surface area contributed by atoms with E-state index in [1.54, 1.807) is 6.92 Å². The van der Waals surface area contributed by atoms with Crippen LogP contribution in [0.4, 0.5) is 0 Å². The van der Waals surface area contributed by atoms with Crippen molar-refractivity contribution >= 4 is 17.4 Å². The first-order valence-corrected chi connectivity index (χ1v) is 4.47. The van der Waals surface area contributed by atoms with Crippen LogP contribution < -0.4 is 0 Å². The fraction of sp³-hybridized carbons (Fsp3) is 0.200. The van der Waals surface area contributed by atoms with E-state index in [4.69, 9.17) is 16.9 Å². The molecule has 0 unspecified atom stereocenters. The topological polar surface area (TPSA) is 61.1 Å². The van der Waals surface area contributed by atoms with Gasteiger partial charge in [0.2, 0.25) is 0 Å². The van der Waals surface area contributed by atoms with Crippen LogP contribution in [-0.2, 0) is 0 Å². The predicted octanol–water partition coefficient (Wildman–Crippen LogP) is 1.99. The second-order valence-corrected chi connectivity index (χ2v) is 3.07. The molecule has 0 atom stereocenters. The number of halogens is 1. The molecule has 0 spiro atoms. The first-order valence-electron chi connectivity index (χ1n) is 3.93. The molecule has 1 aromatic carbocycles. The Morgan fingerprint density at radius 1 is 1.64 bits per heavy atom. The smallest absolute Gasteiger partial charge is 0.181 e. The number of hydrogen-bond acceptors (Lipinski definition) is 3.